The van der Waals surface area contributed by atoms with E-state index in [1.807, 2.05) is 0 Å². The van der Waals surface area contributed by atoms with Gasteiger partial charge in [0.15, 0.2) is 0 Å². The van der Waals surface area contributed by atoms with Gasteiger partial charge in [0.1, 0.15) is 0 Å². The summed E-state index contributed by atoms with van der Waals surface area (Å²) in [5.41, 5.74) is 0. The molecule has 10 heavy (non-hydrogen) atoms. The highest BCUT2D eigenvalue weighted by Crippen LogP contribution is 2.22. The van der Waals surface area contributed by atoms with Gasteiger partial charge in [-0.25, -0.2) is 0 Å². The van der Waals surface area contributed by atoms with Crippen molar-refractivity contribution < 1.29 is 0 Å². The molecule has 1 fully saturated rings. The molecule has 2 unspecified atom stereocenters. The Labute approximate surface area is 68.1 Å². The first-order valence-electron chi connectivity index (χ1n) is 4.22. The molecule has 1 aliphatic rings. The molecule has 0 aliphatic heterocycles. The van der Waals surface area contributed by atoms with Gasteiger partial charge in [0.2, 0.25) is 0 Å². The maximum Gasteiger partial charge on any atom is 0.0489 e. The van der Waals surface area contributed by atoms with Gasteiger partial charge in [-0.15, -0.1) is 11.6 Å². The van der Waals surface area contributed by atoms with E-state index in [0.717, 1.165) is 6.54 Å². The van der Waals surface area contributed by atoms with Crippen LogP contribution in [0.3, 0.4) is 0 Å². The molecule has 0 bridgehead atoms. The molecule has 2 heteroatoms. The molecule has 0 amide bonds. The second-order valence-corrected chi connectivity index (χ2v) is 3.53. The summed E-state index contributed by atoms with van der Waals surface area (Å²) in [6, 6.07) is 0.584. The number of nitrogens with one attached hydrogen (secondary N) is 1. The average Bonchev–Trinajstić information content (AvgIpc) is 1.94. The first kappa shape index (κ1) is 8.35. The Balaban J connectivity index is 2.25. The summed E-state index contributed by atoms with van der Waals surface area (Å²) in [7, 11) is 0. The Bertz CT molecular complexity index is 93.3. The van der Waals surface area contributed by atoms with Crippen molar-refractivity contribution in [3.8, 4) is 0 Å². The third-order valence-electron chi connectivity index (χ3n) is 2.15. The highest BCUT2D eigenvalue weighted by Gasteiger charge is 2.21. The lowest BCUT2D eigenvalue weighted by Gasteiger charge is -2.27. The molecule has 2 atom stereocenters. The van der Waals surface area contributed by atoms with Gasteiger partial charge in [-0.2, -0.15) is 0 Å². The van der Waals surface area contributed by atoms with Crippen LogP contribution in [-0.2, 0) is 0 Å². The van der Waals surface area contributed by atoms with Crippen LogP contribution < -0.4 is 5.32 Å². The van der Waals surface area contributed by atoms with Gasteiger partial charge in [-0.3, -0.25) is 0 Å². The minimum Gasteiger partial charge on any atom is -0.313 e. The van der Waals surface area contributed by atoms with Crippen LogP contribution in [0, 0.1) is 0 Å². The number of rotatable bonds is 2. The molecule has 1 saturated carbocycles. The molecule has 0 aromatic carbocycles. The smallest absolute Gasteiger partial charge is 0.0489 e. The van der Waals surface area contributed by atoms with Crippen LogP contribution in [0.4, 0.5) is 0 Å². The lowest BCUT2D eigenvalue weighted by atomic mass is 9.95. The van der Waals surface area contributed by atoms with Crippen molar-refractivity contribution in [1.82, 2.24) is 5.32 Å². The predicted octanol–water partition coefficient (Wildman–Crippen LogP) is 2.15. The second-order valence-electron chi connectivity index (χ2n) is 2.96. The van der Waals surface area contributed by atoms with Crippen LogP contribution in [-0.4, -0.2) is 18.0 Å². The highest BCUT2D eigenvalue weighted by molar-refractivity contribution is 6.21. The van der Waals surface area contributed by atoms with Gasteiger partial charge in [-0.05, 0) is 19.4 Å². The number of halogens is 1. The number of hydrogen-bond acceptors (Lipinski definition) is 1. The van der Waals surface area contributed by atoms with Crippen molar-refractivity contribution in [1.29, 1.82) is 0 Å². The maximum atomic E-state index is 6.10. The maximum absolute atomic E-state index is 6.10. The van der Waals surface area contributed by atoms with E-state index in [-0.39, 0.29) is 0 Å². The number of hydrogen-bond donors (Lipinski definition) is 1. The molecule has 1 N–H and O–H groups in total. The van der Waals surface area contributed by atoms with Crippen molar-refractivity contribution in [3.63, 3.8) is 0 Å². The van der Waals surface area contributed by atoms with Crippen LogP contribution in [0.2, 0.25) is 0 Å². The van der Waals surface area contributed by atoms with Gasteiger partial charge in [0.25, 0.3) is 0 Å². The zero-order valence-electron chi connectivity index (χ0n) is 6.57. The van der Waals surface area contributed by atoms with Crippen molar-refractivity contribution in [3.05, 3.63) is 0 Å². The first-order chi connectivity index (χ1) is 4.84. The van der Waals surface area contributed by atoms with E-state index in [4.69, 9.17) is 11.6 Å². The van der Waals surface area contributed by atoms with Crippen molar-refractivity contribution in [2.24, 2.45) is 0 Å². The van der Waals surface area contributed by atoms with Gasteiger partial charge in [-0.1, -0.05) is 19.8 Å². The molecule has 1 rings (SSSR count). The molecule has 0 radical (unpaired) electrons. The highest BCUT2D eigenvalue weighted by atomic mass is 35.5. The van der Waals surface area contributed by atoms with Crippen molar-refractivity contribution in [2.45, 2.75) is 44.0 Å². The molecule has 1 nitrogen and oxygen atoms in total. The molecule has 0 aromatic rings. The third-order valence-corrected chi connectivity index (χ3v) is 2.67. The van der Waals surface area contributed by atoms with Crippen LogP contribution in [0.15, 0.2) is 0 Å². The number of alkyl halides is 1. The lowest BCUT2D eigenvalue weighted by molar-refractivity contribution is 0.386. The van der Waals surface area contributed by atoms with E-state index >= 15 is 0 Å². The van der Waals surface area contributed by atoms with E-state index in [0.29, 0.717) is 11.4 Å². The van der Waals surface area contributed by atoms with E-state index in [9.17, 15) is 0 Å². The summed E-state index contributed by atoms with van der Waals surface area (Å²) in [5.74, 6) is 0. The summed E-state index contributed by atoms with van der Waals surface area (Å²) < 4.78 is 0. The van der Waals surface area contributed by atoms with Crippen LogP contribution in [0.5, 0.6) is 0 Å². The summed E-state index contributed by atoms with van der Waals surface area (Å²) >= 11 is 6.10. The topological polar surface area (TPSA) is 12.0 Å². The fraction of sp³-hybridized carbons (Fsp3) is 1.00. The Kier molecular flexibility index (Phi) is 3.50. The molecule has 0 heterocycles. The SMILES string of the molecule is CCNC1CCCCC1Cl. The fourth-order valence-corrected chi connectivity index (χ4v) is 1.95. The van der Waals surface area contributed by atoms with Crippen LogP contribution >= 0.6 is 11.6 Å². The quantitative estimate of drug-likeness (QED) is 0.612. The van der Waals surface area contributed by atoms with Gasteiger partial charge >= 0.3 is 0 Å². The average molecular weight is 162 g/mol. The second kappa shape index (κ2) is 4.20. The van der Waals surface area contributed by atoms with Gasteiger partial charge < -0.3 is 5.32 Å². The van der Waals surface area contributed by atoms with Crippen molar-refractivity contribution >= 4 is 11.6 Å². The van der Waals surface area contributed by atoms with E-state index in [2.05, 4.69) is 12.2 Å². The minimum atomic E-state index is 0.383. The molecular formula is C8H16ClN. The lowest BCUT2D eigenvalue weighted by Crippen LogP contribution is -2.39. The fourth-order valence-electron chi connectivity index (χ4n) is 1.58. The zero-order valence-corrected chi connectivity index (χ0v) is 7.32. The third kappa shape index (κ3) is 2.14. The zero-order chi connectivity index (χ0) is 7.40. The molecule has 1 aliphatic carbocycles. The summed E-state index contributed by atoms with van der Waals surface area (Å²) in [6.07, 6.45) is 5.12. The Hall–Kier alpha value is 0.250. The first-order valence-corrected chi connectivity index (χ1v) is 4.65. The largest absolute Gasteiger partial charge is 0.313 e. The van der Waals surface area contributed by atoms with Crippen LogP contribution in [0.25, 0.3) is 0 Å². The van der Waals surface area contributed by atoms with E-state index in [1.165, 1.54) is 25.7 Å². The van der Waals surface area contributed by atoms with Gasteiger partial charge in [0.05, 0.1) is 0 Å². The summed E-state index contributed by atoms with van der Waals surface area (Å²) in [5, 5.41) is 3.79. The molecule has 0 aromatic heterocycles. The van der Waals surface area contributed by atoms with Crippen molar-refractivity contribution in [2.75, 3.05) is 6.54 Å². The van der Waals surface area contributed by atoms with Crippen LogP contribution in [0.1, 0.15) is 32.6 Å². The minimum absolute atomic E-state index is 0.383. The van der Waals surface area contributed by atoms with Gasteiger partial charge in [0, 0.05) is 11.4 Å². The normalized spacial score (nSPS) is 34.2. The predicted molar refractivity (Wildman–Crippen MR) is 45.6 cm³/mol. The Morgan fingerprint density at radius 1 is 1.40 bits per heavy atom. The summed E-state index contributed by atoms with van der Waals surface area (Å²) in [4.78, 5) is 0. The Morgan fingerprint density at radius 2 is 2.10 bits per heavy atom. The van der Waals surface area contributed by atoms with E-state index in [1.54, 1.807) is 0 Å². The summed E-state index contributed by atoms with van der Waals surface area (Å²) in [6.45, 7) is 3.19. The van der Waals surface area contributed by atoms with E-state index < -0.39 is 0 Å². The monoisotopic (exact) mass is 161 g/mol. The molecular weight excluding hydrogens is 146 g/mol. The molecule has 0 spiro atoms. The molecule has 0 saturated heterocycles. The Morgan fingerprint density at radius 3 is 2.70 bits per heavy atom. The standard InChI is InChI=1S/C8H16ClN/c1-2-10-8-6-4-3-5-7(8)9/h7-8,10H,2-6H2,1H3. The molecule has 60 valence electrons.